The van der Waals surface area contributed by atoms with Gasteiger partial charge >= 0.3 is 0 Å². The molecule has 2 aliphatic rings. The summed E-state index contributed by atoms with van der Waals surface area (Å²) in [6.07, 6.45) is 2.67. The first kappa shape index (κ1) is 24.1. The molecule has 2 unspecified atom stereocenters. The van der Waals surface area contributed by atoms with E-state index in [1.807, 2.05) is 35.2 Å². The molecule has 2 N–H and O–H groups in total. The molecule has 2 aromatic heterocycles. The summed E-state index contributed by atoms with van der Waals surface area (Å²) in [5.41, 5.74) is 9.72. The Hall–Kier alpha value is -3.59. The molecule has 3 aromatic rings. The zero-order valence-electron chi connectivity index (χ0n) is 20.7. The maximum absolute atomic E-state index is 14.1. The Balaban J connectivity index is 1.71. The number of nitrogen functional groups attached to an aromatic ring is 1. The number of nitrogens with zero attached hydrogens (tertiary/aromatic N) is 5. The number of methoxy groups -OCH3 is 1. The molecule has 4 heterocycles. The Morgan fingerprint density at radius 2 is 1.89 bits per heavy atom. The Labute approximate surface area is 214 Å². The average molecular weight is 509 g/mol. The van der Waals surface area contributed by atoms with E-state index in [2.05, 4.69) is 28.4 Å². The highest BCUT2D eigenvalue weighted by molar-refractivity contribution is 6.30. The Kier molecular flexibility index (Phi) is 6.12. The number of carbonyl (C=O) groups excluding carboxylic acids is 2. The lowest BCUT2D eigenvalue weighted by Crippen LogP contribution is -2.50. The molecule has 9 nitrogen and oxygen atoms in total. The van der Waals surface area contributed by atoms with E-state index in [9.17, 15) is 9.59 Å². The number of amides is 2. The van der Waals surface area contributed by atoms with E-state index >= 15 is 0 Å². The number of aromatic nitrogens is 3. The molecule has 0 spiro atoms. The molecule has 5 rings (SSSR count). The Bertz CT molecular complexity index is 1340. The van der Waals surface area contributed by atoms with Crippen LogP contribution in [-0.4, -0.2) is 62.9 Å². The molecule has 1 saturated heterocycles. The van der Waals surface area contributed by atoms with Gasteiger partial charge in [-0.25, -0.2) is 4.98 Å². The summed E-state index contributed by atoms with van der Waals surface area (Å²) in [7, 11) is 3.32. The molecule has 36 heavy (non-hydrogen) atoms. The number of halogens is 1. The molecular weight excluding hydrogens is 480 g/mol. The molecule has 0 radical (unpaired) electrons. The van der Waals surface area contributed by atoms with Crippen LogP contribution in [0.5, 0.6) is 5.88 Å². The predicted molar refractivity (Wildman–Crippen MR) is 137 cm³/mol. The standard InChI is InChI=1S/C26H29ClN6O3/c1-14(2)32-20(19-12-29-26(28)30-24(19)36-4)11-18-23(32)22(15-5-7-16(27)8-6-15)33(25(18)35)17-9-10-21(34)31(3)13-17/h5-8,11-12,14,17,22H,9-10,13H2,1-4H3,(H2,28,29,30). The number of benzene rings is 1. The largest absolute Gasteiger partial charge is 0.480 e. The van der Waals surface area contributed by atoms with Crippen LogP contribution in [0.4, 0.5) is 5.95 Å². The lowest BCUT2D eigenvalue weighted by Gasteiger charge is -2.39. The van der Waals surface area contributed by atoms with Crippen LogP contribution < -0.4 is 10.5 Å². The van der Waals surface area contributed by atoms with E-state index in [0.717, 1.165) is 17.0 Å². The van der Waals surface area contributed by atoms with Crippen LogP contribution in [-0.2, 0) is 4.79 Å². The number of likely N-dealkylation sites (tertiary alicyclic amines) is 1. The van der Waals surface area contributed by atoms with Gasteiger partial charge in [0.2, 0.25) is 17.7 Å². The second-order valence-corrected chi connectivity index (χ2v) is 10.0. The summed E-state index contributed by atoms with van der Waals surface area (Å²) >= 11 is 6.21. The van der Waals surface area contributed by atoms with Crippen LogP contribution in [0.1, 0.15) is 60.4 Å². The number of hydrogen-bond acceptors (Lipinski definition) is 6. The smallest absolute Gasteiger partial charge is 0.256 e. The van der Waals surface area contributed by atoms with Gasteiger partial charge in [0.25, 0.3) is 5.91 Å². The summed E-state index contributed by atoms with van der Waals surface area (Å²) in [5, 5.41) is 0.626. The first-order valence-corrected chi connectivity index (χ1v) is 12.3. The maximum Gasteiger partial charge on any atom is 0.256 e. The van der Waals surface area contributed by atoms with Crippen molar-refractivity contribution in [2.45, 2.75) is 44.8 Å². The average Bonchev–Trinajstić information content (AvgIpc) is 3.36. The van der Waals surface area contributed by atoms with E-state index in [1.54, 1.807) is 18.1 Å². The van der Waals surface area contributed by atoms with Gasteiger partial charge in [-0.2, -0.15) is 4.98 Å². The van der Waals surface area contributed by atoms with Crippen molar-refractivity contribution in [3.8, 4) is 17.1 Å². The highest BCUT2D eigenvalue weighted by atomic mass is 35.5. The first-order valence-electron chi connectivity index (χ1n) is 11.9. The summed E-state index contributed by atoms with van der Waals surface area (Å²) in [5.74, 6) is 0.500. The van der Waals surface area contributed by atoms with E-state index in [0.29, 0.717) is 41.4 Å². The molecule has 1 aromatic carbocycles. The third-order valence-electron chi connectivity index (χ3n) is 7.02. The normalized spacial score (nSPS) is 19.8. The minimum atomic E-state index is -0.340. The summed E-state index contributed by atoms with van der Waals surface area (Å²) < 4.78 is 7.67. The number of fused-ring (bicyclic) bond motifs is 1. The van der Waals surface area contributed by atoms with Crippen molar-refractivity contribution in [2.24, 2.45) is 0 Å². The quantitative estimate of drug-likeness (QED) is 0.559. The van der Waals surface area contributed by atoms with Crippen molar-refractivity contribution in [1.29, 1.82) is 0 Å². The van der Waals surface area contributed by atoms with E-state index in [1.165, 1.54) is 7.11 Å². The second-order valence-electron chi connectivity index (χ2n) is 9.58. The van der Waals surface area contributed by atoms with E-state index < -0.39 is 0 Å². The number of likely N-dealkylation sites (N-methyl/N-ethyl adjacent to an activating group) is 1. The molecule has 0 saturated carbocycles. The van der Waals surface area contributed by atoms with E-state index in [4.69, 9.17) is 22.1 Å². The first-order chi connectivity index (χ1) is 17.2. The number of carbonyl (C=O) groups is 2. The van der Waals surface area contributed by atoms with Gasteiger partial charge in [0.1, 0.15) is 0 Å². The SMILES string of the molecule is COc1nc(N)ncc1-c1cc2c(n1C(C)C)C(c1ccc(Cl)cc1)N(C1CCC(=O)N(C)C1)C2=O. The van der Waals surface area contributed by atoms with Crippen molar-refractivity contribution in [3.63, 3.8) is 0 Å². The van der Waals surface area contributed by atoms with Crippen LogP contribution >= 0.6 is 11.6 Å². The van der Waals surface area contributed by atoms with Gasteiger partial charge in [-0.3, -0.25) is 9.59 Å². The Morgan fingerprint density at radius 3 is 2.53 bits per heavy atom. The molecule has 1 fully saturated rings. The topological polar surface area (TPSA) is 107 Å². The summed E-state index contributed by atoms with van der Waals surface area (Å²) in [6.45, 7) is 4.65. The molecule has 2 aliphatic heterocycles. The summed E-state index contributed by atoms with van der Waals surface area (Å²) in [6, 6.07) is 9.08. The monoisotopic (exact) mass is 508 g/mol. The molecule has 188 valence electrons. The van der Waals surface area contributed by atoms with E-state index in [-0.39, 0.29) is 35.9 Å². The van der Waals surface area contributed by atoms with Crippen molar-refractivity contribution >= 4 is 29.4 Å². The lowest BCUT2D eigenvalue weighted by atomic mass is 9.98. The molecule has 2 amide bonds. The number of nitrogens with two attached hydrogens (primary N) is 1. The highest BCUT2D eigenvalue weighted by Gasteiger charge is 2.46. The minimum absolute atomic E-state index is 0.0177. The van der Waals surface area contributed by atoms with Crippen LogP contribution in [0.15, 0.2) is 36.5 Å². The predicted octanol–water partition coefficient (Wildman–Crippen LogP) is 3.94. The van der Waals surface area contributed by atoms with Crippen molar-refractivity contribution in [3.05, 3.63) is 58.4 Å². The van der Waals surface area contributed by atoms with Gasteiger partial charge in [0.05, 0.1) is 41.7 Å². The number of piperidine rings is 1. The third kappa shape index (κ3) is 3.87. The van der Waals surface area contributed by atoms with Crippen molar-refractivity contribution < 1.29 is 14.3 Å². The fourth-order valence-electron chi connectivity index (χ4n) is 5.41. The fraction of sp³-hybridized carbons (Fsp3) is 0.385. The number of rotatable bonds is 5. The second kappa shape index (κ2) is 9.13. The zero-order chi connectivity index (χ0) is 25.7. The van der Waals surface area contributed by atoms with Crippen LogP contribution in [0.3, 0.4) is 0 Å². The number of hydrogen-bond donors (Lipinski definition) is 1. The van der Waals surface area contributed by atoms with Gasteiger partial charge in [-0.15, -0.1) is 0 Å². The molecule has 2 atom stereocenters. The molecule has 10 heteroatoms. The molecular formula is C26H29ClN6O3. The molecule has 0 bridgehead atoms. The van der Waals surface area contributed by atoms with Gasteiger partial charge in [0.15, 0.2) is 0 Å². The van der Waals surface area contributed by atoms with Gasteiger partial charge < -0.3 is 24.8 Å². The highest BCUT2D eigenvalue weighted by Crippen LogP contribution is 2.46. The van der Waals surface area contributed by atoms with Gasteiger partial charge in [-0.05, 0) is 44.0 Å². The number of ether oxygens (including phenoxy) is 1. The Morgan fingerprint density at radius 1 is 1.17 bits per heavy atom. The minimum Gasteiger partial charge on any atom is -0.480 e. The van der Waals surface area contributed by atoms with Gasteiger partial charge in [0, 0.05) is 37.3 Å². The lowest BCUT2D eigenvalue weighted by molar-refractivity contribution is -0.133. The summed E-state index contributed by atoms with van der Waals surface area (Å²) in [4.78, 5) is 38.3. The number of anilines is 1. The van der Waals surface area contributed by atoms with Crippen LogP contribution in [0.2, 0.25) is 5.02 Å². The van der Waals surface area contributed by atoms with Gasteiger partial charge in [-0.1, -0.05) is 23.7 Å². The third-order valence-corrected chi connectivity index (χ3v) is 7.27. The molecule has 0 aliphatic carbocycles. The van der Waals surface area contributed by atoms with Crippen LogP contribution in [0, 0.1) is 0 Å². The fourth-order valence-corrected chi connectivity index (χ4v) is 5.54. The maximum atomic E-state index is 14.1. The van der Waals surface area contributed by atoms with Crippen molar-refractivity contribution in [1.82, 2.24) is 24.3 Å². The van der Waals surface area contributed by atoms with Crippen LogP contribution in [0.25, 0.3) is 11.3 Å². The van der Waals surface area contributed by atoms with Crippen molar-refractivity contribution in [2.75, 3.05) is 26.4 Å². The zero-order valence-corrected chi connectivity index (χ0v) is 21.5.